The fourth-order valence-corrected chi connectivity index (χ4v) is 1.07. The summed E-state index contributed by atoms with van der Waals surface area (Å²) in [6.07, 6.45) is 0. The predicted molar refractivity (Wildman–Crippen MR) is 69.2 cm³/mol. The summed E-state index contributed by atoms with van der Waals surface area (Å²) in [6, 6.07) is 0. The van der Waals surface area contributed by atoms with Gasteiger partial charge in [0.1, 0.15) is 6.54 Å². The maximum Gasteiger partial charge on any atom is 0.102 e. The molecule has 0 amide bonds. The second-order valence-corrected chi connectivity index (χ2v) is 5.02. The lowest BCUT2D eigenvalue weighted by Gasteiger charge is -2.23. The summed E-state index contributed by atoms with van der Waals surface area (Å²) in [4.78, 5) is 0. The van der Waals surface area contributed by atoms with E-state index in [4.69, 9.17) is 14.2 Å². The summed E-state index contributed by atoms with van der Waals surface area (Å²) < 4.78 is 16.9. The van der Waals surface area contributed by atoms with E-state index < -0.39 is 0 Å². The van der Waals surface area contributed by atoms with Gasteiger partial charge in [-0.1, -0.05) is 0 Å². The average molecular weight is 252 g/mol. The van der Waals surface area contributed by atoms with Crippen molar-refractivity contribution in [2.24, 2.45) is 0 Å². The van der Waals surface area contributed by atoms with E-state index in [0.717, 1.165) is 23.4 Å². The summed E-state index contributed by atoms with van der Waals surface area (Å²) in [5.41, 5.74) is 0. The van der Waals surface area contributed by atoms with E-state index in [1.165, 1.54) is 0 Å². The molecule has 0 N–H and O–H groups in total. The van der Waals surface area contributed by atoms with Crippen LogP contribution in [0.3, 0.4) is 0 Å². The maximum atomic E-state index is 5.44. The third kappa shape index (κ3) is 14.2. The molecule has 0 aromatic heterocycles. The highest BCUT2D eigenvalue weighted by Gasteiger charge is 2.05. The fourth-order valence-electron chi connectivity index (χ4n) is 0.945. The second-order valence-electron chi connectivity index (χ2n) is 4.57. The van der Waals surface area contributed by atoms with Crippen LogP contribution >= 0.6 is 12.6 Å². The summed E-state index contributed by atoms with van der Waals surface area (Å²) in [5, 5.41) is 0. The van der Waals surface area contributed by atoms with Gasteiger partial charge in [0.2, 0.25) is 0 Å². The summed E-state index contributed by atoms with van der Waals surface area (Å²) >= 11 is 4.04. The highest BCUT2D eigenvalue weighted by Crippen LogP contribution is 1.89. The number of rotatable bonds is 11. The highest BCUT2D eigenvalue weighted by molar-refractivity contribution is 7.80. The van der Waals surface area contributed by atoms with Crippen molar-refractivity contribution >= 4 is 12.6 Å². The standard InChI is InChI=1S/C11H25NO3S/c1-12(2,3)4-5-13-6-7-14-8-9-15-10-11-16/h4-11H2,1-3H3/p+1. The zero-order chi connectivity index (χ0) is 12.3. The maximum absolute atomic E-state index is 5.44. The Balaban J connectivity index is 2.99. The summed E-state index contributed by atoms with van der Waals surface area (Å²) in [5.74, 6) is 0.758. The Kier molecular flexibility index (Phi) is 10.5. The van der Waals surface area contributed by atoms with E-state index >= 15 is 0 Å². The molecule has 0 aliphatic heterocycles. The van der Waals surface area contributed by atoms with Gasteiger partial charge in [-0.25, -0.2) is 0 Å². The first kappa shape index (κ1) is 16.2. The highest BCUT2D eigenvalue weighted by atomic mass is 32.1. The lowest BCUT2D eigenvalue weighted by atomic mass is 10.5. The van der Waals surface area contributed by atoms with Gasteiger partial charge >= 0.3 is 0 Å². The van der Waals surface area contributed by atoms with Gasteiger partial charge in [-0.05, 0) is 0 Å². The van der Waals surface area contributed by atoms with Crippen molar-refractivity contribution in [3.63, 3.8) is 0 Å². The van der Waals surface area contributed by atoms with E-state index in [2.05, 4.69) is 33.8 Å². The molecule has 0 fully saturated rings. The quantitative estimate of drug-likeness (QED) is 0.333. The monoisotopic (exact) mass is 252 g/mol. The number of thiol groups is 1. The van der Waals surface area contributed by atoms with Crippen LogP contribution in [-0.4, -0.2) is 77.6 Å². The molecule has 16 heavy (non-hydrogen) atoms. The van der Waals surface area contributed by atoms with Gasteiger partial charge in [-0.2, -0.15) is 12.6 Å². The molecule has 0 spiro atoms. The van der Waals surface area contributed by atoms with Crippen molar-refractivity contribution in [1.82, 2.24) is 0 Å². The number of hydrogen-bond donors (Lipinski definition) is 1. The molecule has 0 aromatic carbocycles. The first-order valence-corrected chi connectivity index (χ1v) is 6.34. The third-order valence-electron chi connectivity index (χ3n) is 1.89. The SMILES string of the molecule is C[N+](C)(C)CCOCCOCCOCCS. The van der Waals surface area contributed by atoms with Gasteiger partial charge in [0.05, 0.1) is 60.8 Å². The molecule has 0 unspecified atom stereocenters. The molecule has 0 saturated heterocycles. The minimum absolute atomic E-state index is 0.631. The predicted octanol–water partition coefficient (Wildman–Crippen LogP) is 0.672. The fraction of sp³-hybridized carbons (Fsp3) is 1.00. The summed E-state index contributed by atoms with van der Waals surface area (Å²) in [7, 11) is 6.45. The van der Waals surface area contributed by atoms with Crippen LogP contribution < -0.4 is 0 Å². The van der Waals surface area contributed by atoms with Crippen molar-refractivity contribution < 1.29 is 18.7 Å². The van der Waals surface area contributed by atoms with Crippen LogP contribution in [0.25, 0.3) is 0 Å². The zero-order valence-corrected chi connectivity index (χ0v) is 11.7. The number of likely N-dealkylation sites (N-methyl/N-ethyl adjacent to an activating group) is 1. The Hall–Kier alpha value is 0.190. The van der Waals surface area contributed by atoms with Crippen LogP contribution in [0, 0.1) is 0 Å². The smallest absolute Gasteiger partial charge is 0.102 e. The van der Waals surface area contributed by atoms with Crippen LogP contribution in [0.4, 0.5) is 0 Å². The van der Waals surface area contributed by atoms with E-state index in [1.807, 2.05) is 0 Å². The largest absolute Gasteiger partial charge is 0.378 e. The lowest BCUT2D eigenvalue weighted by Crippen LogP contribution is -2.37. The topological polar surface area (TPSA) is 27.7 Å². The van der Waals surface area contributed by atoms with Crippen LogP contribution in [0.1, 0.15) is 0 Å². The molecule has 0 saturated carbocycles. The molecule has 98 valence electrons. The van der Waals surface area contributed by atoms with Crippen molar-refractivity contribution in [2.45, 2.75) is 0 Å². The molecular weight excluding hydrogens is 226 g/mol. The van der Waals surface area contributed by atoms with Crippen LogP contribution in [-0.2, 0) is 14.2 Å². The minimum atomic E-state index is 0.631. The molecule has 0 aliphatic rings. The van der Waals surface area contributed by atoms with Gasteiger partial charge in [0.15, 0.2) is 0 Å². The number of ether oxygens (including phenoxy) is 3. The molecule has 4 nitrogen and oxygen atoms in total. The summed E-state index contributed by atoms with van der Waals surface area (Å²) in [6.45, 7) is 5.06. The zero-order valence-electron chi connectivity index (χ0n) is 10.8. The Morgan fingerprint density at radius 2 is 1.19 bits per heavy atom. The molecular formula is C11H26NO3S+. The molecule has 5 heteroatoms. The van der Waals surface area contributed by atoms with Crippen LogP contribution in [0.5, 0.6) is 0 Å². The van der Waals surface area contributed by atoms with Gasteiger partial charge in [0, 0.05) is 5.75 Å². The van der Waals surface area contributed by atoms with Gasteiger partial charge in [-0.15, -0.1) is 0 Å². The Labute approximate surface area is 105 Å². The van der Waals surface area contributed by atoms with Gasteiger partial charge in [0.25, 0.3) is 0 Å². The van der Waals surface area contributed by atoms with Crippen LogP contribution in [0.15, 0.2) is 0 Å². The first-order chi connectivity index (χ1) is 7.56. The molecule has 0 rings (SSSR count). The van der Waals surface area contributed by atoms with E-state index in [1.54, 1.807) is 0 Å². The average Bonchev–Trinajstić information content (AvgIpc) is 2.19. The van der Waals surface area contributed by atoms with Crippen molar-refractivity contribution in [3.8, 4) is 0 Å². The first-order valence-electron chi connectivity index (χ1n) is 5.71. The number of quaternary nitrogens is 1. The Morgan fingerprint density at radius 3 is 1.62 bits per heavy atom. The third-order valence-corrected chi connectivity index (χ3v) is 2.07. The molecule has 0 radical (unpaired) electrons. The second kappa shape index (κ2) is 10.4. The van der Waals surface area contributed by atoms with Gasteiger partial charge in [-0.3, -0.25) is 0 Å². The molecule has 0 heterocycles. The van der Waals surface area contributed by atoms with Crippen LogP contribution in [0.2, 0.25) is 0 Å². The van der Waals surface area contributed by atoms with Gasteiger partial charge < -0.3 is 18.7 Å². The molecule has 0 aromatic rings. The molecule has 0 atom stereocenters. The lowest BCUT2D eigenvalue weighted by molar-refractivity contribution is -0.870. The molecule has 0 bridgehead atoms. The van der Waals surface area contributed by atoms with Crippen molar-refractivity contribution in [3.05, 3.63) is 0 Å². The molecule has 0 aliphatic carbocycles. The van der Waals surface area contributed by atoms with E-state index in [9.17, 15) is 0 Å². The van der Waals surface area contributed by atoms with Crippen molar-refractivity contribution in [1.29, 1.82) is 0 Å². The Morgan fingerprint density at radius 1 is 0.750 bits per heavy atom. The normalized spacial score (nSPS) is 12.0. The van der Waals surface area contributed by atoms with Crippen molar-refractivity contribution in [2.75, 3.05) is 73.1 Å². The Bertz CT molecular complexity index is 151. The minimum Gasteiger partial charge on any atom is -0.378 e. The van der Waals surface area contributed by atoms with E-state index in [0.29, 0.717) is 33.0 Å². The van der Waals surface area contributed by atoms with E-state index in [-0.39, 0.29) is 0 Å². The number of nitrogens with zero attached hydrogens (tertiary/aromatic N) is 1. The number of hydrogen-bond acceptors (Lipinski definition) is 4.